The first kappa shape index (κ1) is 20.7. The van der Waals surface area contributed by atoms with Gasteiger partial charge in [-0.2, -0.15) is 0 Å². The number of unbranched alkanes of at least 4 members (excludes halogenated alkanes) is 9. The zero-order valence-electron chi connectivity index (χ0n) is 14.6. The van der Waals surface area contributed by atoms with E-state index < -0.39 is 0 Å². The fraction of sp³-hybridized carbons (Fsp3) is 0.895. The van der Waals surface area contributed by atoms with Crippen LogP contribution in [0.2, 0.25) is 0 Å². The Morgan fingerprint density at radius 1 is 0.810 bits per heavy atom. The summed E-state index contributed by atoms with van der Waals surface area (Å²) in [6.45, 7) is 11.2. The molecule has 0 aliphatic carbocycles. The van der Waals surface area contributed by atoms with Gasteiger partial charge in [0.15, 0.2) is 0 Å². The van der Waals surface area contributed by atoms with Crippen molar-refractivity contribution in [3.8, 4) is 0 Å². The molecule has 0 spiro atoms. The molecule has 0 heterocycles. The fourth-order valence-electron chi connectivity index (χ4n) is 2.38. The highest BCUT2D eigenvalue weighted by Gasteiger charge is 2.01. The third kappa shape index (κ3) is 17.6. The molecule has 0 saturated heterocycles. The molecule has 0 rings (SSSR count). The van der Waals surface area contributed by atoms with E-state index in [2.05, 4.69) is 20.4 Å². The highest BCUT2D eigenvalue weighted by atomic mass is 16.5. The van der Waals surface area contributed by atoms with E-state index in [0.29, 0.717) is 12.5 Å². The predicted molar refractivity (Wildman–Crippen MR) is 92.8 cm³/mol. The van der Waals surface area contributed by atoms with Crippen molar-refractivity contribution in [2.75, 3.05) is 26.4 Å². The average molecular weight is 299 g/mol. The molecule has 1 unspecified atom stereocenters. The lowest BCUT2D eigenvalue weighted by Gasteiger charge is -2.11. The smallest absolute Gasteiger partial charge is 0.0644 e. The second kappa shape index (κ2) is 17.7. The first-order valence-corrected chi connectivity index (χ1v) is 9.07. The minimum atomic E-state index is 0.480. The van der Waals surface area contributed by atoms with E-state index in [1.54, 1.807) is 6.08 Å². The van der Waals surface area contributed by atoms with Crippen LogP contribution in [0.15, 0.2) is 12.7 Å². The summed E-state index contributed by atoms with van der Waals surface area (Å²) in [5, 5.41) is 0. The summed E-state index contributed by atoms with van der Waals surface area (Å²) in [4.78, 5) is 0. The van der Waals surface area contributed by atoms with Crippen LogP contribution in [-0.2, 0) is 9.47 Å². The minimum Gasteiger partial charge on any atom is -0.381 e. The van der Waals surface area contributed by atoms with E-state index in [1.165, 1.54) is 64.2 Å². The van der Waals surface area contributed by atoms with Crippen LogP contribution in [-0.4, -0.2) is 26.4 Å². The van der Waals surface area contributed by atoms with Gasteiger partial charge in [-0.15, -0.1) is 6.58 Å². The average Bonchev–Trinajstić information content (AvgIpc) is 2.48. The van der Waals surface area contributed by atoms with Crippen molar-refractivity contribution in [3.63, 3.8) is 0 Å². The number of rotatable bonds is 17. The Labute approximate surface area is 133 Å². The Balaban J connectivity index is 3.06. The van der Waals surface area contributed by atoms with Gasteiger partial charge < -0.3 is 9.47 Å². The maximum absolute atomic E-state index is 5.69. The molecule has 0 fully saturated rings. The summed E-state index contributed by atoms with van der Waals surface area (Å²) in [7, 11) is 0. The quantitative estimate of drug-likeness (QED) is 0.251. The molecule has 0 aromatic rings. The Morgan fingerprint density at radius 2 is 1.33 bits per heavy atom. The van der Waals surface area contributed by atoms with Gasteiger partial charge in [-0.25, -0.2) is 0 Å². The van der Waals surface area contributed by atoms with E-state index in [9.17, 15) is 0 Å². The third-order valence-electron chi connectivity index (χ3n) is 3.68. The van der Waals surface area contributed by atoms with Crippen molar-refractivity contribution in [2.45, 2.75) is 78.1 Å². The zero-order chi connectivity index (χ0) is 15.6. The highest BCUT2D eigenvalue weighted by Crippen LogP contribution is 2.10. The second-order valence-electron chi connectivity index (χ2n) is 6.19. The van der Waals surface area contributed by atoms with Crippen LogP contribution in [0.4, 0.5) is 0 Å². The fourth-order valence-corrected chi connectivity index (χ4v) is 2.38. The first-order valence-electron chi connectivity index (χ1n) is 9.07. The largest absolute Gasteiger partial charge is 0.381 e. The summed E-state index contributed by atoms with van der Waals surface area (Å²) >= 11 is 0. The molecule has 2 nitrogen and oxygen atoms in total. The maximum atomic E-state index is 5.69. The Bertz CT molecular complexity index is 204. The molecule has 21 heavy (non-hydrogen) atoms. The van der Waals surface area contributed by atoms with Gasteiger partial charge in [0.1, 0.15) is 0 Å². The summed E-state index contributed by atoms with van der Waals surface area (Å²) in [5.74, 6) is 0.480. The summed E-state index contributed by atoms with van der Waals surface area (Å²) < 4.78 is 11.1. The zero-order valence-corrected chi connectivity index (χ0v) is 14.6. The lowest BCUT2D eigenvalue weighted by molar-refractivity contribution is 0.0534. The lowest BCUT2D eigenvalue weighted by atomic mass is 10.1. The van der Waals surface area contributed by atoms with Crippen molar-refractivity contribution in [1.82, 2.24) is 0 Å². The van der Waals surface area contributed by atoms with Crippen LogP contribution in [0.1, 0.15) is 78.1 Å². The molecule has 0 N–H and O–H groups in total. The number of ether oxygens (including phenoxy) is 2. The molecule has 0 saturated carbocycles. The number of hydrogen-bond acceptors (Lipinski definition) is 2. The Kier molecular flexibility index (Phi) is 17.4. The highest BCUT2D eigenvalue weighted by molar-refractivity contribution is 4.64. The van der Waals surface area contributed by atoms with Crippen LogP contribution in [0.25, 0.3) is 0 Å². The second-order valence-corrected chi connectivity index (χ2v) is 6.19. The molecule has 0 aliphatic rings. The molecule has 2 heteroatoms. The van der Waals surface area contributed by atoms with Crippen LogP contribution in [0.5, 0.6) is 0 Å². The van der Waals surface area contributed by atoms with Gasteiger partial charge in [0.05, 0.1) is 19.8 Å². The van der Waals surface area contributed by atoms with Gasteiger partial charge in [-0.1, -0.05) is 77.7 Å². The summed E-state index contributed by atoms with van der Waals surface area (Å²) in [6, 6.07) is 0. The third-order valence-corrected chi connectivity index (χ3v) is 3.68. The molecular formula is C19H38O2. The molecule has 0 radical (unpaired) electrons. The van der Waals surface area contributed by atoms with Crippen LogP contribution in [0, 0.1) is 5.92 Å². The van der Waals surface area contributed by atoms with E-state index in [-0.39, 0.29) is 0 Å². The number of hydrogen-bond donors (Lipinski definition) is 0. The van der Waals surface area contributed by atoms with Crippen LogP contribution < -0.4 is 0 Å². The van der Waals surface area contributed by atoms with Gasteiger partial charge in [-0.3, -0.25) is 0 Å². The Hall–Kier alpha value is -0.340. The predicted octanol–water partition coefficient (Wildman–Crippen LogP) is 5.76. The molecule has 1 atom stereocenters. The topological polar surface area (TPSA) is 18.5 Å². The molecule has 0 amide bonds. The monoisotopic (exact) mass is 298 g/mol. The van der Waals surface area contributed by atoms with Crippen molar-refractivity contribution in [2.24, 2.45) is 5.92 Å². The molecular weight excluding hydrogens is 260 g/mol. The van der Waals surface area contributed by atoms with Crippen LogP contribution >= 0.6 is 0 Å². The molecule has 126 valence electrons. The van der Waals surface area contributed by atoms with Gasteiger partial charge in [-0.05, 0) is 6.42 Å². The van der Waals surface area contributed by atoms with Crippen LogP contribution in [0.3, 0.4) is 0 Å². The summed E-state index contributed by atoms with van der Waals surface area (Å²) in [5.41, 5.74) is 0. The molecule has 0 aliphatic heterocycles. The van der Waals surface area contributed by atoms with Gasteiger partial charge in [0, 0.05) is 12.5 Å². The summed E-state index contributed by atoms with van der Waals surface area (Å²) in [6.07, 6.45) is 15.5. The van der Waals surface area contributed by atoms with Gasteiger partial charge in [0.2, 0.25) is 0 Å². The lowest BCUT2D eigenvalue weighted by Crippen LogP contribution is -2.13. The SMILES string of the molecule is C=CCOCC(C)COCCCCCCCCCCCC. The van der Waals surface area contributed by atoms with Crippen molar-refractivity contribution < 1.29 is 9.47 Å². The minimum absolute atomic E-state index is 0.480. The van der Waals surface area contributed by atoms with Crippen molar-refractivity contribution in [3.05, 3.63) is 12.7 Å². The van der Waals surface area contributed by atoms with E-state index in [1.807, 2.05) is 0 Å². The van der Waals surface area contributed by atoms with E-state index >= 15 is 0 Å². The first-order chi connectivity index (χ1) is 10.3. The standard InChI is InChI=1S/C19H38O2/c1-4-6-7-8-9-10-11-12-13-14-16-21-18-19(3)17-20-15-5-2/h5,19H,2,4,6-18H2,1,3H3. The normalized spacial score (nSPS) is 12.5. The molecule has 0 aromatic heterocycles. The van der Waals surface area contributed by atoms with E-state index in [0.717, 1.165) is 19.8 Å². The van der Waals surface area contributed by atoms with Gasteiger partial charge in [0.25, 0.3) is 0 Å². The van der Waals surface area contributed by atoms with Gasteiger partial charge >= 0.3 is 0 Å². The van der Waals surface area contributed by atoms with Crippen molar-refractivity contribution >= 4 is 0 Å². The van der Waals surface area contributed by atoms with E-state index in [4.69, 9.17) is 9.47 Å². The maximum Gasteiger partial charge on any atom is 0.0644 e. The molecule has 0 aromatic carbocycles. The van der Waals surface area contributed by atoms with Crippen molar-refractivity contribution in [1.29, 1.82) is 0 Å². The Morgan fingerprint density at radius 3 is 1.90 bits per heavy atom. The molecule has 0 bridgehead atoms.